The van der Waals surface area contributed by atoms with Crippen LogP contribution in [0.5, 0.6) is 0 Å². The standard InChI is InChI=1S/C21H16ClF2N7O/c1-21(2,8-25)16-18(24)17(22)15(10-4-27-30-19(10)16)12-6-31-7-13(28-14(31)5-26-12)29-20(32)9-3-11(9)23/h4-7,9,11H,3H2,1-2H3,(H,27,30)(H,29,32)/t9-,11+/m1/s1. The molecule has 3 aromatic heterocycles. The van der Waals surface area contributed by atoms with Crippen molar-refractivity contribution in [2.24, 2.45) is 5.92 Å². The van der Waals surface area contributed by atoms with Gasteiger partial charge in [0.1, 0.15) is 12.0 Å². The van der Waals surface area contributed by atoms with Gasteiger partial charge in [0, 0.05) is 22.7 Å². The number of hydrogen-bond donors (Lipinski definition) is 2. The molecule has 2 N–H and O–H groups in total. The fourth-order valence-electron chi connectivity index (χ4n) is 3.75. The number of halogens is 3. The van der Waals surface area contributed by atoms with E-state index in [2.05, 4.69) is 31.6 Å². The number of benzene rings is 1. The Bertz CT molecular complexity index is 1450. The maximum Gasteiger partial charge on any atom is 0.231 e. The van der Waals surface area contributed by atoms with Gasteiger partial charge in [0.15, 0.2) is 11.5 Å². The molecule has 5 rings (SSSR count). The molecule has 3 heterocycles. The molecule has 0 bridgehead atoms. The van der Waals surface area contributed by atoms with Gasteiger partial charge in [-0.15, -0.1) is 0 Å². The SMILES string of the molecule is CC(C)(C#N)c1c(F)c(Cl)c(-c2cn3cc(NC(=O)[C@@H]4C[C@@H]4F)nc3cn2)c2cn[nH]c12. The van der Waals surface area contributed by atoms with Crippen molar-refractivity contribution in [1.82, 2.24) is 24.6 Å². The Hall–Kier alpha value is -3.58. The Labute approximate surface area is 185 Å². The largest absolute Gasteiger partial charge is 0.309 e. The van der Waals surface area contributed by atoms with E-state index in [4.69, 9.17) is 11.6 Å². The Morgan fingerprint density at radius 1 is 1.41 bits per heavy atom. The summed E-state index contributed by atoms with van der Waals surface area (Å²) in [4.78, 5) is 20.6. The summed E-state index contributed by atoms with van der Waals surface area (Å²) < 4.78 is 30.1. The minimum absolute atomic E-state index is 0.126. The molecule has 8 nitrogen and oxygen atoms in total. The second kappa shape index (κ2) is 6.97. The number of alkyl halides is 1. The molecule has 0 spiro atoms. The van der Waals surface area contributed by atoms with Gasteiger partial charge in [0.2, 0.25) is 5.91 Å². The van der Waals surface area contributed by atoms with E-state index in [9.17, 15) is 14.4 Å². The lowest BCUT2D eigenvalue weighted by Crippen LogP contribution is -2.17. The quantitative estimate of drug-likeness (QED) is 0.480. The highest BCUT2D eigenvalue weighted by atomic mass is 35.5. The van der Waals surface area contributed by atoms with E-state index in [0.29, 0.717) is 27.8 Å². The molecule has 1 aliphatic rings. The Morgan fingerprint density at radius 2 is 2.16 bits per heavy atom. The molecule has 0 saturated heterocycles. The third kappa shape index (κ3) is 3.08. The Balaban J connectivity index is 1.61. The van der Waals surface area contributed by atoms with E-state index in [-0.39, 0.29) is 22.8 Å². The van der Waals surface area contributed by atoms with Gasteiger partial charge >= 0.3 is 0 Å². The fraction of sp³-hybridized carbons (Fsp3) is 0.286. The first-order chi connectivity index (χ1) is 15.2. The first-order valence-corrected chi connectivity index (χ1v) is 10.1. The van der Waals surface area contributed by atoms with Crippen LogP contribution in [0.25, 0.3) is 27.8 Å². The van der Waals surface area contributed by atoms with Crippen molar-refractivity contribution in [1.29, 1.82) is 5.26 Å². The predicted octanol–water partition coefficient (Wildman–Crippen LogP) is 4.16. The molecule has 2 atom stereocenters. The third-order valence-corrected chi connectivity index (χ3v) is 5.95. The highest BCUT2D eigenvalue weighted by Gasteiger charge is 2.43. The number of imidazole rings is 1. The van der Waals surface area contributed by atoms with Gasteiger partial charge in [0.05, 0.1) is 52.2 Å². The molecule has 0 radical (unpaired) electrons. The lowest BCUT2D eigenvalue weighted by atomic mass is 9.83. The number of aromatic nitrogens is 5. The second-order valence-electron chi connectivity index (χ2n) is 8.29. The Kier molecular flexibility index (Phi) is 4.43. The molecule has 32 heavy (non-hydrogen) atoms. The topological polar surface area (TPSA) is 112 Å². The monoisotopic (exact) mass is 455 g/mol. The smallest absolute Gasteiger partial charge is 0.231 e. The van der Waals surface area contributed by atoms with E-state index in [1.165, 1.54) is 12.4 Å². The number of H-pyrrole nitrogens is 1. The van der Waals surface area contributed by atoms with Crippen LogP contribution in [0.1, 0.15) is 25.8 Å². The second-order valence-corrected chi connectivity index (χ2v) is 8.66. The van der Waals surface area contributed by atoms with Crippen molar-refractivity contribution in [3.05, 3.63) is 41.2 Å². The summed E-state index contributed by atoms with van der Waals surface area (Å²) in [5, 5.41) is 19.2. The molecule has 1 fully saturated rings. The molecule has 1 aromatic carbocycles. The zero-order chi connectivity index (χ0) is 22.8. The van der Waals surface area contributed by atoms with E-state index in [1.54, 1.807) is 30.6 Å². The normalized spacial score (nSPS) is 18.1. The van der Waals surface area contributed by atoms with Gasteiger partial charge in [-0.25, -0.2) is 13.8 Å². The summed E-state index contributed by atoms with van der Waals surface area (Å²) in [6.07, 6.45) is 5.21. The first kappa shape index (κ1) is 20.3. The van der Waals surface area contributed by atoms with Crippen LogP contribution in [0.3, 0.4) is 0 Å². The van der Waals surface area contributed by atoms with Gasteiger partial charge in [-0.1, -0.05) is 11.6 Å². The van der Waals surface area contributed by atoms with Crippen LogP contribution in [0, 0.1) is 23.1 Å². The van der Waals surface area contributed by atoms with Gasteiger partial charge in [0.25, 0.3) is 0 Å². The van der Waals surface area contributed by atoms with Gasteiger partial charge in [-0.2, -0.15) is 10.4 Å². The van der Waals surface area contributed by atoms with Crippen LogP contribution in [0.15, 0.2) is 24.8 Å². The van der Waals surface area contributed by atoms with Crippen LogP contribution in [0.2, 0.25) is 5.02 Å². The van der Waals surface area contributed by atoms with Crippen LogP contribution in [-0.2, 0) is 10.2 Å². The molecule has 1 amide bonds. The lowest BCUT2D eigenvalue weighted by Gasteiger charge is -2.20. The summed E-state index contributed by atoms with van der Waals surface area (Å²) in [5.41, 5.74) is 0.422. The van der Waals surface area contributed by atoms with Crippen LogP contribution in [0.4, 0.5) is 14.6 Å². The van der Waals surface area contributed by atoms with Gasteiger partial charge < -0.3 is 9.72 Å². The minimum atomic E-state index is -1.15. The highest BCUT2D eigenvalue weighted by Crippen LogP contribution is 2.42. The highest BCUT2D eigenvalue weighted by molar-refractivity contribution is 6.35. The molecule has 0 aliphatic heterocycles. The van der Waals surface area contributed by atoms with E-state index in [1.807, 2.05) is 0 Å². The number of amides is 1. The van der Waals surface area contributed by atoms with Crippen molar-refractivity contribution in [3.63, 3.8) is 0 Å². The van der Waals surface area contributed by atoms with Crippen molar-refractivity contribution in [2.45, 2.75) is 31.9 Å². The molecule has 0 unspecified atom stereocenters. The number of nitriles is 1. The van der Waals surface area contributed by atoms with Crippen LogP contribution >= 0.6 is 11.6 Å². The maximum atomic E-state index is 15.4. The molecule has 4 aromatic rings. The molecule has 11 heteroatoms. The minimum Gasteiger partial charge on any atom is -0.309 e. The molecular weight excluding hydrogens is 440 g/mol. The zero-order valence-corrected chi connectivity index (χ0v) is 17.7. The van der Waals surface area contributed by atoms with Crippen molar-refractivity contribution < 1.29 is 13.6 Å². The Morgan fingerprint density at radius 3 is 2.84 bits per heavy atom. The van der Waals surface area contributed by atoms with Gasteiger partial charge in [-0.3, -0.25) is 14.9 Å². The van der Waals surface area contributed by atoms with E-state index >= 15 is 4.39 Å². The van der Waals surface area contributed by atoms with E-state index in [0.717, 1.165) is 0 Å². The number of rotatable bonds is 4. The number of hydrogen-bond acceptors (Lipinski definition) is 5. The van der Waals surface area contributed by atoms with E-state index < -0.39 is 29.2 Å². The number of carbonyl (C=O) groups is 1. The average Bonchev–Trinajstić information content (AvgIpc) is 3.11. The van der Waals surface area contributed by atoms with Crippen LogP contribution < -0.4 is 5.32 Å². The van der Waals surface area contributed by atoms with Crippen molar-refractivity contribution in [3.8, 4) is 17.3 Å². The number of aromatic amines is 1. The third-order valence-electron chi connectivity index (χ3n) is 5.59. The summed E-state index contributed by atoms with van der Waals surface area (Å²) in [7, 11) is 0. The molecule has 162 valence electrons. The summed E-state index contributed by atoms with van der Waals surface area (Å²) in [6.45, 7) is 3.19. The number of nitrogens with one attached hydrogen (secondary N) is 2. The summed E-state index contributed by atoms with van der Waals surface area (Å²) >= 11 is 6.43. The molecule has 1 aliphatic carbocycles. The van der Waals surface area contributed by atoms with Gasteiger partial charge in [-0.05, 0) is 20.3 Å². The number of anilines is 1. The molecular formula is C21H16ClF2N7O. The van der Waals surface area contributed by atoms with Crippen LogP contribution in [-0.4, -0.2) is 36.6 Å². The zero-order valence-electron chi connectivity index (χ0n) is 16.9. The maximum absolute atomic E-state index is 15.4. The lowest BCUT2D eigenvalue weighted by molar-refractivity contribution is -0.117. The number of nitrogens with zero attached hydrogens (tertiary/aromatic N) is 5. The first-order valence-electron chi connectivity index (χ1n) is 9.77. The summed E-state index contributed by atoms with van der Waals surface area (Å²) in [6, 6.07) is 2.09. The molecule has 1 saturated carbocycles. The predicted molar refractivity (Wildman–Crippen MR) is 113 cm³/mol. The number of carbonyl (C=O) groups excluding carboxylic acids is 1. The van der Waals surface area contributed by atoms with Crippen molar-refractivity contribution >= 4 is 39.9 Å². The number of fused-ring (bicyclic) bond motifs is 2. The average molecular weight is 456 g/mol. The summed E-state index contributed by atoms with van der Waals surface area (Å²) in [5.74, 6) is -1.53. The van der Waals surface area contributed by atoms with Crippen molar-refractivity contribution in [2.75, 3.05) is 5.32 Å². The fourth-order valence-corrected chi connectivity index (χ4v) is 4.04.